The Morgan fingerprint density at radius 3 is 2.34 bits per heavy atom. The number of amides is 1. The molecule has 10 heteroatoms. The van der Waals surface area contributed by atoms with E-state index in [-0.39, 0.29) is 31.3 Å². The van der Waals surface area contributed by atoms with Crippen LogP contribution in [0, 0.1) is 13.8 Å². The van der Waals surface area contributed by atoms with Crippen LogP contribution in [0.15, 0.2) is 24.4 Å². The zero-order valence-corrected chi connectivity index (χ0v) is 18.6. The molecule has 2 aromatic rings. The SMILES string of the molecule is CCOC(=O)c1cnn(CN2CCN(CC(=O)Nc3c(C)cccc3C)CC2)c1C(F)F. The third kappa shape index (κ3) is 5.68. The van der Waals surface area contributed by atoms with Crippen LogP contribution in [0.5, 0.6) is 0 Å². The molecule has 0 aliphatic carbocycles. The molecule has 174 valence electrons. The van der Waals surface area contributed by atoms with Crippen molar-refractivity contribution >= 4 is 17.6 Å². The van der Waals surface area contributed by atoms with Crippen LogP contribution < -0.4 is 5.32 Å². The van der Waals surface area contributed by atoms with Gasteiger partial charge >= 0.3 is 5.97 Å². The quantitative estimate of drug-likeness (QED) is 0.625. The van der Waals surface area contributed by atoms with Crippen LogP contribution in [0.3, 0.4) is 0 Å². The van der Waals surface area contributed by atoms with Crippen LogP contribution in [0.25, 0.3) is 0 Å². The lowest BCUT2D eigenvalue weighted by molar-refractivity contribution is -0.117. The minimum absolute atomic E-state index is 0.0815. The molecular weight excluding hydrogens is 420 g/mol. The molecule has 1 N–H and O–H groups in total. The van der Waals surface area contributed by atoms with Gasteiger partial charge in [0.25, 0.3) is 6.43 Å². The summed E-state index contributed by atoms with van der Waals surface area (Å²) in [6, 6.07) is 5.86. The highest BCUT2D eigenvalue weighted by atomic mass is 19.3. The number of aryl methyl sites for hydroxylation is 2. The van der Waals surface area contributed by atoms with Crippen molar-refractivity contribution in [2.75, 3.05) is 44.6 Å². The average molecular weight is 450 g/mol. The number of carbonyl (C=O) groups is 2. The molecule has 8 nitrogen and oxygen atoms in total. The summed E-state index contributed by atoms with van der Waals surface area (Å²) >= 11 is 0. The molecule has 32 heavy (non-hydrogen) atoms. The first-order valence-corrected chi connectivity index (χ1v) is 10.6. The van der Waals surface area contributed by atoms with Crippen molar-refractivity contribution in [2.24, 2.45) is 0 Å². The molecule has 1 aliphatic rings. The normalized spacial score (nSPS) is 15.2. The Bertz CT molecular complexity index is 935. The lowest BCUT2D eigenvalue weighted by Crippen LogP contribution is -2.49. The number of alkyl halides is 2. The first kappa shape index (κ1) is 23.8. The summed E-state index contributed by atoms with van der Waals surface area (Å²) in [5.74, 6) is -0.879. The van der Waals surface area contributed by atoms with Crippen LogP contribution in [0.2, 0.25) is 0 Å². The van der Waals surface area contributed by atoms with E-state index in [0.29, 0.717) is 26.2 Å². The van der Waals surface area contributed by atoms with E-state index < -0.39 is 18.1 Å². The van der Waals surface area contributed by atoms with Crippen LogP contribution in [0.4, 0.5) is 14.5 Å². The molecule has 0 atom stereocenters. The first-order valence-electron chi connectivity index (χ1n) is 10.6. The lowest BCUT2D eigenvalue weighted by Gasteiger charge is -2.34. The second-order valence-electron chi connectivity index (χ2n) is 7.81. The van der Waals surface area contributed by atoms with Crippen molar-refractivity contribution in [2.45, 2.75) is 33.9 Å². The van der Waals surface area contributed by atoms with Gasteiger partial charge in [0.2, 0.25) is 5.91 Å². The molecule has 0 radical (unpaired) electrons. The summed E-state index contributed by atoms with van der Waals surface area (Å²) in [6.07, 6.45) is -1.71. The number of carbonyl (C=O) groups excluding carboxylic acids is 2. The highest BCUT2D eigenvalue weighted by molar-refractivity contribution is 5.93. The monoisotopic (exact) mass is 449 g/mol. The van der Waals surface area contributed by atoms with Gasteiger partial charge in [-0.25, -0.2) is 18.3 Å². The average Bonchev–Trinajstić information content (AvgIpc) is 3.16. The van der Waals surface area contributed by atoms with Crippen molar-refractivity contribution in [3.63, 3.8) is 0 Å². The van der Waals surface area contributed by atoms with E-state index in [1.807, 2.05) is 41.8 Å². The summed E-state index contributed by atoms with van der Waals surface area (Å²) in [6.45, 7) is 8.46. The van der Waals surface area contributed by atoms with E-state index in [2.05, 4.69) is 10.4 Å². The summed E-state index contributed by atoms with van der Waals surface area (Å²) in [5.41, 5.74) is 2.23. The van der Waals surface area contributed by atoms with E-state index in [1.165, 1.54) is 0 Å². The molecule has 0 spiro atoms. The fraction of sp³-hybridized carbons (Fsp3) is 0.500. The van der Waals surface area contributed by atoms with Crippen molar-refractivity contribution in [3.05, 3.63) is 46.8 Å². The van der Waals surface area contributed by atoms with E-state index in [4.69, 9.17) is 4.74 Å². The molecule has 1 aromatic carbocycles. The van der Waals surface area contributed by atoms with Gasteiger partial charge in [-0.15, -0.1) is 0 Å². The van der Waals surface area contributed by atoms with Gasteiger partial charge in [0, 0.05) is 31.9 Å². The number of rotatable bonds is 8. The number of anilines is 1. The third-order valence-electron chi connectivity index (χ3n) is 5.49. The molecule has 1 fully saturated rings. The van der Waals surface area contributed by atoms with Gasteiger partial charge in [-0.3, -0.25) is 14.6 Å². The number of ether oxygens (including phenoxy) is 1. The number of nitrogens with zero attached hydrogens (tertiary/aromatic N) is 4. The number of hydrogen-bond donors (Lipinski definition) is 1. The van der Waals surface area contributed by atoms with Gasteiger partial charge in [0.15, 0.2) is 0 Å². The number of aromatic nitrogens is 2. The summed E-state index contributed by atoms with van der Waals surface area (Å²) in [7, 11) is 0. The van der Waals surface area contributed by atoms with E-state index in [1.54, 1.807) is 6.92 Å². The molecular formula is C22H29F2N5O3. The Morgan fingerprint density at radius 2 is 1.75 bits per heavy atom. The minimum Gasteiger partial charge on any atom is -0.462 e. The fourth-order valence-corrected chi connectivity index (χ4v) is 3.78. The number of para-hydroxylation sites is 1. The first-order chi connectivity index (χ1) is 15.3. The molecule has 1 saturated heterocycles. The van der Waals surface area contributed by atoms with Gasteiger partial charge in [-0.05, 0) is 31.9 Å². The number of piperazine rings is 1. The molecule has 1 aromatic heterocycles. The summed E-state index contributed by atoms with van der Waals surface area (Å²) in [5, 5.41) is 6.97. The zero-order valence-electron chi connectivity index (χ0n) is 18.6. The molecule has 1 amide bonds. The van der Waals surface area contributed by atoms with E-state index >= 15 is 0 Å². The van der Waals surface area contributed by atoms with Gasteiger partial charge in [-0.1, -0.05) is 18.2 Å². The summed E-state index contributed by atoms with van der Waals surface area (Å²) < 4.78 is 33.2. The van der Waals surface area contributed by atoms with Crippen molar-refractivity contribution in [1.29, 1.82) is 0 Å². The van der Waals surface area contributed by atoms with Crippen LogP contribution in [-0.4, -0.2) is 70.8 Å². The summed E-state index contributed by atoms with van der Waals surface area (Å²) in [4.78, 5) is 28.4. The van der Waals surface area contributed by atoms with Crippen molar-refractivity contribution < 1.29 is 23.1 Å². The van der Waals surface area contributed by atoms with E-state index in [0.717, 1.165) is 27.7 Å². The lowest BCUT2D eigenvalue weighted by atomic mass is 10.1. The maximum absolute atomic E-state index is 13.6. The highest BCUT2D eigenvalue weighted by Crippen LogP contribution is 2.24. The van der Waals surface area contributed by atoms with Crippen molar-refractivity contribution in [3.8, 4) is 0 Å². The topological polar surface area (TPSA) is 79.7 Å². The molecule has 1 aliphatic heterocycles. The van der Waals surface area contributed by atoms with Crippen LogP contribution >= 0.6 is 0 Å². The second-order valence-corrected chi connectivity index (χ2v) is 7.81. The number of esters is 1. The Balaban J connectivity index is 1.54. The van der Waals surface area contributed by atoms with Crippen LogP contribution in [-0.2, 0) is 16.2 Å². The number of halogens is 2. The Morgan fingerprint density at radius 1 is 1.12 bits per heavy atom. The van der Waals surface area contributed by atoms with Gasteiger partial charge in [-0.2, -0.15) is 5.10 Å². The minimum atomic E-state index is -2.84. The molecule has 0 unspecified atom stereocenters. The van der Waals surface area contributed by atoms with E-state index in [9.17, 15) is 18.4 Å². The standard InChI is InChI=1S/C22H29F2N5O3/c1-4-32-22(31)17-12-25-29(20(17)21(23)24)14-28-10-8-27(9-11-28)13-18(30)26-19-15(2)6-5-7-16(19)3/h5-7,12,21H,4,8-11,13-14H2,1-3H3,(H,26,30). The zero-order chi connectivity index (χ0) is 23.3. The van der Waals surface area contributed by atoms with Crippen LogP contribution in [0.1, 0.15) is 40.5 Å². The third-order valence-corrected chi connectivity index (χ3v) is 5.49. The fourth-order valence-electron chi connectivity index (χ4n) is 3.78. The number of benzene rings is 1. The van der Waals surface area contributed by atoms with Gasteiger partial charge in [0.05, 0.1) is 26.0 Å². The Hall–Kier alpha value is -2.85. The highest BCUT2D eigenvalue weighted by Gasteiger charge is 2.27. The molecule has 2 heterocycles. The molecule has 3 rings (SSSR count). The number of nitrogens with one attached hydrogen (secondary N) is 1. The predicted octanol–water partition coefficient (Wildman–Crippen LogP) is 2.83. The molecule has 0 bridgehead atoms. The molecule has 0 saturated carbocycles. The predicted molar refractivity (Wildman–Crippen MR) is 116 cm³/mol. The Kier molecular flexibility index (Phi) is 7.92. The maximum atomic E-state index is 13.6. The Labute approximate surface area is 186 Å². The van der Waals surface area contributed by atoms with Gasteiger partial charge in [0.1, 0.15) is 11.3 Å². The van der Waals surface area contributed by atoms with Gasteiger partial charge < -0.3 is 10.1 Å². The van der Waals surface area contributed by atoms with Crippen molar-refractivity contribution in [1.82, 2.24) is 19.6 Å². The number of hydrogen-bond acceptors (Lipinski definition) is 6. The largest absolute Gasteiger partial charge is 0.462 e. The maximum Gasteiger partial charge on any atom is 0.341 e. The smallest absolute Gasteiger partial charge is 0.341 e. The second kappa shape index (κ2) is 10.6.